The molecule has 0 bridgehead atoms. The van der Waals surface area contributed by atoms with Crippen LogP contribution in [0.4, 0.5) is 5.13 Å². The summed E-state index contributed by atoms with van der Waals surface area (Å²) < 4.78 is 0. The predicted molar refractivity (Wildman–Crippen MR) is 91.5 cm³/mol. The number of rotatable bonds is 4. The SMILES string of the molecule is CCNc1nc(C2CC(C)(c3cc(C)ccc3C)C2)cs1. The number of nitrogens with one attached hydrogen (secondary N) is 1. The van der Waals surface area contributed by atoms with Crippen LogP contribution in [0.15, 0.2) is 23.6 Å². The zero-order valence-electron chi connectivity index (χ0n) is 13.4. The summed E-state index contributed by atoms with van der Waals surface area (Å²) in [6.45, 7) is 9.88. The van der Waals surface area contributed by atoms with Crippen LogP contribution >= 0.6 is 11.3 Å². The number of aryl methyl sites for hydroxylation is 2. The van der Waals surface area contributed by atoms with Gasteiger partial charge in [0.2, 0.25) is 0 Å². The normalized spacial score (nSPS) is 24.7. The van der Waals surface area contributed by atoms with Crippen LogP contribution in [0.2, 0.25) is 0 Å². The van der Waals surface area contributed by atoms with Crippen molar-refractivity contribution in [1.29, 1.82) is 0 Å². The Bertz CT molecular complexity index is 638. The molecular weight excluding hydrogens is 276 g/mol. The highest BCUT2D eigenvalue weighted by molar-refractivity contribution is 7.13. The van der Waals surface area contributed by atoms with Gasteiger partial charge in [0.05, 0.1) is 5.69 Å². The van der Waals surface area contributed by atoms with Gasteiger partial charge in [0.25, 0.3) is 0 Å². The molecule has 112 valence electrons. The van der Waals surface area contributed by atoms with Crippen LogP contribution in [0, 0.1) is 13.8 Å². The molecule has 2 aromatic rings. The third-order valence-electron chi connectivity index (χ3n) is 4.71. The summed E-state index contributed by atoms with van der Waals surface area (Å²) in [6, 6.07) is 6.84. The molecule has 1 fully saturated rings. The van der Waals surface area contributed by atoms with Gasteiger partial charge in [-0.3, -0.25) is 0 Å². The molecule has 21 heavy (non-hydrogen) atoms. The zero-order valence-corrected chi connectivity index (χ0v) is 14.2. The van der Waals surface area contributed by atoms with E-state index >= 15 is 0 Å². The van der Waals surface area contributed by atoms with Crippen LogP contribution in [0.1, 0.15) is 55.0 Å². The van der Waals surface area contributed by atoms with E-state index in [1.807, 2.05) is 0 Å². The lowest BCUT2D eigenvalue weighted by atomic mass is 9.58. The van der Waals surface area contributed by atoms with Gasteiger partial charge >= 0.3 is 0 Å². The summed E-state index contributed by atoms with van der Waals surface area (Å²) in [7, 11) is 0. The van der Waals surface area contributed by atoms with Crippen LogP contribution in [0.5, 0.6) is 0 Å². The fraction of sp³-hybridized carbons (Fsp3) is 0.500. The molecule has 1 N–H and O–H groups in total. The predicted octanol–water partition coefficient (Wildman–Crippen LogP) is 5.03. The van der Waals surface area contributed by atoms with E-state index in [0.29, 0.717) is 11.3 Å². The van der Waals surface area contributed by atoms with Crippen molar-refractivity contribution in [2.75, 3.05) is 11.9 Å². The van der Waals surface area contributed by atoms with Gasteiger partial charge < -0.3 is 5.32 Å². The molecule has 1 heterocycles. The third-order valence-corrected chi connectivity index (χ3v) is 5.52. The van der Waals surface area contributed by atoms with E-state index in [1.54, 1.807) is 11.3 Å². The van der Waals surface area contributed by atoms with Crippen LogP contribution in [0.25, 0.3) is 0 Å². The summed E-state index contributed by atoms with van der Waals surface area (Å²) in [5.41, 5.74) is 5.92. The van der Waals surface area contributed by atoms with E-state index in [4.69, 9.17) is 4.98 Å². The van der Waals surface area contributed by atoms with Gasteiger partial charge in [-0.25, -0.2) is 4.98 Å². The standard InChI is InChI=1S/C18H24N2S/c1-5-19-17-20-16(11-21-17)14-9-18(4,10-14)15-8-12(2)6-7-13(15)3/h6-8,11,14H,5,9-10H2,1-4H3,(H,19,20). The number of aromatic nitrogens is 1. The number of thiazole rings is 1. The van der Waals surface area contributed by atoms with Gasteiger partial charge in [0, 0.05) is 17.8 Å². The third kappa shape index (κ3) is 2.71. The van der Waals surface area contributed by atoms with Crippen molar-refractivity contribution in [1.82, 2.24) is 4.98 Å². The molecule has 1 aromatic carbocycles. The van der Waals surface area contributed by atoms with Gasteiger partial charge in [-0.15, -0.1) is 11.3 Å². The Balaban J connectivity index is 1.75. The summed E-state index contributed by atoms with van der Waals surface area (Å²) in [5.74, 6) is 0.624. The molecule has 3 rings (SSSR count). The Kier molecular flexibility index (Phi) is 3.78. The molecule has 0 aliphatic heterocycles. The maximum Gasteiger partial charge on any atom is 0.182 e. The van der Waals surface area contributed by atoms with Crippen molar-refractivity contribution in [3.63, 3.8) is 0 Å². The lowest BCUT2D eigenvalue weighted by Crippen LogP contribution is -2.38. The van der Waals surface area contributed by atoms with Crippen molar-refractivity contribution in [2.45, 2.75) is 51.9 Å². The molecular formula is C18H24N2S. The van der Waals surface area contributed by atoms with Gasteiger partial charge in [-0.2, -0.15) is 0 Å². The second-order valence-corrected chi connectivity index (χ2v) is 7.45. The van der Waals surface area contributed by atoms with Crippen LogP contribution in [-0.4, -0.2) is 11.5 Å². The smallest absolute Gasteiger partial charge is 0.182 e. The maximum absolute atomic E-state index is 4.73. The summed E-state index contributed by atoms with van der Waals surface area (Å²) >= 11 is 1.73. The first-order valence-electron chi connectivity index (χ1n) is 7.79. The van der Waals surface area contributed by atoms with Crippen molar-refractivity contribution in [3.05, 3.63) is 46.0 Å². The first-order chi connectivity index (χ1) is 10.0. The number of benzene rings is 1. The van der Waals surface area contributed by atoms with Gasteiger partial charge in [0.1, 0.15) is 0 Å². The minimum atomic E-state index is 0.322. The minimum Gasteiger partial charge on any atom is -0.362 e. The fourth-order valence-electron chi connectivity index (χ4n) is 3.55. The Hall–Kier alpha value is -1.35. The molecule has 0 radical (unpaired) electrons. The monoisotopic (exact) mass is 300 g/mol. The summed E-state index contributed by atoms with van der Waals surface area (Å²) in [4.78, 5) is 4.73. The topological polar surface area (TPSA) is 24.9 Å². The Morgan fingerprint density at radius 3 is 2.81 bits per heavy atom. The van der Waals surface area contributed by atoms with E-state index < -0.39 is 0 Å². The maximum atomic E-state index is 4.73. The van der Waals surface area contributed by atoms with Crippen LogP contribution in [-0.2, 0) is 5.41 Å². The molecule has 1 aliphatic carbocycles. The number of hydrogen-bond acceptors (Lipinski definition) is 3. The Morgan fingerprint density at radius 1 is 1.33 bits per heavy atom. The van der Waals surface area contributed by atoms with E-state index in [1.165, 1.54) is 35.2 Å². The van der Waals surface area contributed by atoms with Gasteiger partial charge in [-0.1, -0.05) is 30.7 Å². The van der Waals surface area contributed by atoms with E-state index in [2.05, 4.69) is 56.6 Å². The quantitative estimate of drug-likeness (QED) is 0.857. The second kappa shape index (κ2) is 5.45. The zero-order chi connectivity index (χ0) is 15.0. The molecule has 0 saturated heterocycles. The van der Waals surface area contributed by atoms with Gasteiger partial charge in [0.15, 0.2) is 5.13 Å². The highest BCUT2D eigenvalue weighted by atomic mass is 32.1. The number of hydrogen-bond donors (Lipinski definition) is 1. The van der Waals surface area contributed by atoms with Crippen LogP contribution in [0.3, 0.4) is 0 Å². The highest BCUT2D eigenvalue weighted by Crippen LogP contribution is 2.53. The molecule has 2 nitrogen and oxygen atoms in total. The van der Waals surface area contributed by atoms with Crippen molar-refractivity contribution >= 4 is 16.5 Å². The summed E-state index contributed by atoms with van der Waals surface area (Å²) in [5, 5.41) is 6.60. The fourth-order valence-corrected chi connectivity index (χ4v) is 4.41. The highest BCUT2D eigenvalue weighted by Gasteiger charge is 2.43. The molecule has 1 aliphatic rings. The Labute approximate surface area is 131 Å². The van der Waals surface area contributed by atoms with E-state index in [9.17, 15) is 0 Å². The summed E-state index contributed by atoms with van der Waals surface area (Å²) in [6.07, 6.45) is 2.43. The molecule has 0 amide bonds. The lowest BCUT2D eigenvalue weighted by molar-refractivity contribution is 0.221. The van der Waals surface area contributed by atoms with Gasteiger partial charge in [-0.05, 0) is 50.2 Å². The molecule has 0 unspecified atom stereocenters. The first kappa shape index (κ1) is 14.6. The van der Waals surface area contributed by atoms with Crippen molar-refractivity contribution in [2.24, 2.45) is 0 Å². The molecule has 3 heteroatoms. The average Bonchev–Trinajstić information content (AvgIpc) is 2.87. The number of nitrogens with zero attached hydrogens (tertiary/aromatic N) is 1. The average molecular weight is 300 g/mol. The Morgan fingerprint density at radius 2 is 2.10 bits per heavy atom. The first-order valence-corrected chi connectivity index (χ1v) is 8.67. The van der Waals surface area contributed by atoms with Crippen LogP contribution < -0.4 is 5.32 Å². The largest absolute Gasteiger partial charge is 0.362 e. The molecule has 0 atom stereocenters. The number of anilines is 1. The minimum absolute atomic E-state index is 0.322. The van der Waals surface area contributed by atoms with E-state index in [0.717, 1.165) is 11.7 Å². The second-order valence-electron chi connectivity index (χ2n) is 6.59. The van der Waals surface area contributed by atoms with E-state index in [-0.39, 0.29) is 0 Å². The molecule has 1 aromatic heterocycles. The van der Waals surface area contributed by atoms with Crippen molar-refractivity contribution in [3.8, 4) is 0 Å². The molecule has 1 saturated carbocycles. The van der Waals surface area contributed by atoms with Crippen molar-refractivity contribution < 1.29 is 0 Å². The lowest BCUT2D eigenvalue weighted by Gasteiger charge is -2.46. The molecule has 0 spiro atoms.